The minimum Gasteiger partial charge on any atom is -0.317 e. The Balaban J connectivity index is 1.99. The second-order valence-corrected chi connectivity index (χ2v) is 4.63. The van der Waals surface area contributed by atoms with Crippen LogP contribution in [0.5, 0.6) is 0 Å². The van der Waals surface area contributed by atoms with Crippen LogP contribution in [0.15, 0.2) is 5.38 Å². The molecule has 0 radical (unpaired) electrons. The van der Waals surface area contributed by atoms with E-state index in [4.69, 9.17) is 0 Å². The first kappa shape index (κ1) is 11.7. The van der Waals surface area contributed by atoms with Crippen LogP contribution in [0, 0.1) is 6.92 Å². The minimum absolute atomic E-state index is 1.14. The summed E-state index contributed by atoms with van der Waals surface area (Å²) < 4.78 is 0. The Hall–Kier alpha value is -0.410. The first-order valence-electron chi connectivity index (χ1n) is 5.44. The standard InChI is InChI=1S/C11H20N2S/c1-3-7-12-8-5-4-6-11-9-14-10(2)13-11/h9,12H,3-8H2,1-2H3. The van der Waals surface area contributed by atoms with E-state index in [1.165, 1.54) is 30.0 Å². The molecule has 0 bridgehead atoms. The Morgan fingerprint density at radius 3 is 2.86 bits per heavy atom. The third-order valence-corrected chi connectivity index (χ3v) is 2.95. The van der Waals surface area contributed by atoms with E-state index in [0.29, 0.717) is 0 Å². The molecule has 1 N–H and O–H groups in total. The van der Waals surface area contributed by atoms with Crippen molar-refractivity contribution in [3.05, 3.63) is 16.1 Å². The molecule has 0 aliphatic rings. The maximum Gasteiger partial charge on any atom is 0.0897 e. The highest BCUT2D eigenvalue weighted by Crippen LogP contribution is 2.10. The van der Waals surface area contributed by atoms with Crippen molar-refractivity contribution in [2.45, 2.75) is 39.5 Å². The van der Waals surface area contributed by atoms with E-state index in [1.807, 2.05) is 0 Å². The number of aromatic nitrogens is 1. The first-order chi connectivity index (χ1) is 6.83. The van der Waals surface area contributed by atoms with Gasteiger partial charge in [0.25, 0.3) is 0 Å². The molecule has 3 heteroatoms. The predicted molar refractivity (Wildman–Crippen MR) is 62.9 cm³/mol. The zero-order valence-corrected chi connectivity index (χ0v) is 9.99. The van der Waals surface area contributed by atoms with Crippen LogP contribution in [0.4, 0.5) is 0 Å². The summed E-state index contributed by atoms with van der Waals surface area (Å²) >= 11 is 1.75. The van der Waals surface area contributed by atoms with Crippen LogP contribution >= 0.6 is 11.3 Å². The highest BCUT2D eigenvalue weighted by Gasteiger charge is 1.97. The van der Waals surface area contributed by atoms with E-state index < -0.39 is 0 Å². The fourth-order valence-corrected chi connectivity index (χ4v) is 2.03. The molecule has 0 unspecified atom stereocenters. The summed E-state index contributed by atoms with van der Waals surface area (Å²) in [6, 6.07) is 0. The van der Waals surface area contributed by atoms with Gasteiger partial charge in [-0.05, 0) is 45.7 Å². The molecular weight excluding hydrogens is 192 g/mol. The van der Waals surface area contributed by atoms with Crippen molar-refractivity contribution in [2.24, 2.45) is 0 Å². The fourth-order valence-electron chi connectivity index (χ4n) is 1.38. The van der Waals surface area contributed by atoms with Crippen molar-refractivity contribution in [3.8, 4) is 0 Å². The molecule has 0 spiro atoms. The fraction of sp³-hybridized carbons (Fsp3) is 0.727. The van der Waals surface area contributed by atoms with Gasteiger partial charge in [0, 0.05) is 5.38 Å². The Morgan fingerprint density at radius 1 is 1.36 bits per heavy atom. The molecule has 1 heterocycles. The van der Waals surface area contributed by atoms with Crippen LogP contribution in [0.2, 0.25) is 0 Å². The molecule has 80 valence electrons. The molecule has 0 saturated carbocycles. The number of unbranched alkanes of at least 4 members (excludes halogenated alkanes) is 1. The van der Waals surface area contributed by atoms with Crippen LogP contribution in [-0.2, 0) is 6.42 Å². The van der Waals surface area contributed by atoms with Crippen molar-refractivity contribution in [1.82, 2.24) is 10.3 Å². The van der Waals surface area contributed by atoms with Crippen molar-refractivity contribution in [1.29, 1.82) is 0 Å². The lowest BCUT2D eigenvalue weighted by molar-refractivity contribution is 0.614. The zero-order chi connectivity index (χ0) is 10.2. The first-order valence-corrected chi connectivity index (χ1v) is 6.32. The monoisotopic (exact) mass is 212 g/mol. The van der Waals surface area contributed by atoms with Gasteiger partial charge in [-0.2, -0.15) is 0 Å². The van der Waals surface area contributed by atoms with E-state index >= 15 is 0 Å². The third kappa shape index (κ3) is 4.72. The summed E-state index contributed by atoms with van der Waals surface area (Å²) in [7, 11) is 0. The Kier molecular flexibility index (Phi) is 5.80. The number of thiazole rings is 1. The molecule has 0 aliphatic carbocycles. The zero-order valence-electron chi connectivity index (χ0n) is 9.18. The van der Waals surface area contributed by atoms with Crippen LogP contribution in [0.25, 0.3) is 0 Å². The highest BCUT2D eigenvalue weighted by molar-refractivity contribution is 7.09. The van der Waals surface area contributed by atoms with Gasteiger partial charge in [0.15, 0.2) is 0 Å². The summed E-state index contributed by atoms with van der Waals surface area (Å²) in [4.78, 5) is 4.44. The number of hydrogen-bond donors (Lipinski definition) is 1. The lowest BCUT2D eigenvalue weighted by Crippen LogP contribution is -2.15. The normalized spacial score (nSPS) is 10.7. The quantitative estimate of drug-likeness (QED) is 0.703. The lowest BCUT2D eigenvalue weighted by Gasteiger charge is -2.01. The van der Waals surface area contributed by atoms with E-state index in [-0.39, 0.29) is 0 Å². The average molecular weight is 212 g/mol. The number of rotatable bonds is 7. The van der Waals surface area contributed by atoms with Crippen molar-refractivity contribution in [2.75, 3.05) is 13.1 Å². The van der Waals surface area contributed by atoms with Gasteiger partial charge in [0.2, 0.25) is 0 Å². The summed E-state index contributed by atoms with van der Waals surface area (Å²) in [6.07, 6.45) is 4.87. The topological polar surface area (TPSA) is 24.9 Å². The molecule has 1 aromatic heterocycles. The van der Waals surface area contributed by atoms with Crippen molar-refractivity contribution < 1.29 is 0 Å². The molecular formula is C11H20N2S. The van der Waals surface area contributed by atoms with Gasteiger partial charge in [0.1, 0.15) is 0 Å². The van der Waals surface area contributed by atoms with Crippen LogP contribution in [0.1, 0.15) is 36.9 Å². The molecule has 0 amide bonds. The molecule has 1 aromatic rings. The predicted octanol–water partition coefficient (Wildman–Crippen LogP) is 2.77. The Morgan fingerprint density at radius 2 is 2.21 bits per heavy atom. The van der Waals surface area contributed by atoms with E-state index in [1.54, 1.807) is 11.3 Å². The smallest absolute Gasteiger partial charge is 0.0897 e. The van der Waals surface area contributed by atoms with E-state index in [9.17, 15) is 0 Å². The minimum atomic E-state index is 1.14. The average Bonchev–Trinajstić information content (AvgIpc) is 2.58. The van der Waals surface area contributed by atoms with Crippen LogP contribution < -0.4 is 5.32 Å². The summed E-state index contributed by atoms with van der Waals surface area (Å²) in [6.45, 7) is 6.56. The highest BCUT2D eigenvalue weighted by atomic mass is 32.1. The third-order valence-electron chi connectivity index (χ3n) is 2.13. The molecule has 0 atom stereocenters. The molecule has 0 saturated heterocycles. The molecule has 14 heavy (non-hydrogen) atoms. The number of nitrogens with one attached hydrogen (secondary N) is 1. The molecule has 2 nitrogen and oxygen atoms in total. The van der Waals surface area contributed by atoms with Crippen LogP contribution in [0.3, 0.4) is 0 Å². The Labute approximate surface area is 90.8 Å². The van der Waals surface area contributed by atoms with E-state index in [2.05, 4.69) is 29.5 Å². The summed E-state index contributed by atoms with van der Waals surface area (Å²) in [5.74, 6) is 0. The second-order valence-electron chi connectivity index (χ2n) is 3.56. The largest absolute Gasteiger partial charge is 0.317 e. The van der Waals surface area contributed by atoms with Gasteiger partial charge in [-0.1, -0.05) is 6.92 Å². The molecule has 1 rings (SSSR count). The van der Waals surface area contributed by atoms with Gasteiger partial charge in [-0.15, -0.1) is 11.3 Å². The maximum atomic E-state index is 4.44. The van der Waals surface area contributed by atoms with Crippen LogP contribution in [-0.4, -0.2) is 18.1 Å². The SMILES string of the molecule is CCCNCCCCc1csc(C)n1. The second kappa shape index (κ2) is 6.96. The van der Waals surface area contributed by atoms with Gasteiger partial charge in [0.05, 0.1) is 10.7 Å². The van der Waals surface area contributed by atoms with Crippen molar-refractivity contribution >= 4 is 11.3 Å². The molecule has 0 aromatic carbocycles. The summed E-state index contributed by atoms with van der Waals surface area (Å²) in [5.41, 5.74) is 1.27. The molecule has 0 fully saturated rings. The Bertz CT molecular complexity index is 245. The summed E-state index contributed by atoms with van der Waals surface area (Å²) in [5, 5.41) is 6.77. The number of aryl methyl sites for hydroxylation is 2. The van der Waals surface area contributed by atoms with Gasteiger partial charge in [-0.3, -0.25) is 0 Å². The van der Waals surface area contributed by atoms with Gasteiger partial charge >= 0.3 is 0 Å². The van der Waals surface area contributed by atoms with E-state index in [0.717, 1.165) is 19.5 Å². The van der Waals surface area contributed by atoms with Gasteiger partial charge in [-0.25, -0.2) is 4.98 Å². The van der Waals surface area contributed by atoms with Crippen molar-refractivity contribution in [3.63, 3.8) is 0 Å². The lowest BCUT2D eigenvalue weighted by atomic mass is 10.2. The van der Waals surface area contributed by atoms with Gasteiger partial charge < -0.3 is 5.32 Å². The number of nitrogens with zero attached hydrogens (tertiary/aromatic N) is 1. The molecule has 0 aliphatic heterocycles. The number of hydrogen-bond acceptors (Lipinski definition) is 3. The maximum absolute atomic E-state index is 4.44.